The topological polar surface area (TPSA) is 83.8 Å². The molecule has 0 fully saturated rings. The van der Waals surface area contributed by atoms with Gasteiger partial charge in [-0.05, 0) is 36.3 Å². The lowest BCUT2D eigenvalue weighted by molar-refractivity contribution is 0.0270. The average Bonchev–Trinajstić information content (AvgIpc) is 2.36. The lowest BCUT2D eigenvalue weighted by atomic mass is 9.89. The average molecular weight is 312 g/mol. The highest BCUT2D eigenvalue weighted by molar-refractivity contribution is 7.41. The molecule has 0 aliphatic rings. The standard InChI is InChI=1S/C12H25O5P2/c1-7-11(6,10(4,5)18(14)15)17-19(16)12(13,8-2)9-3/h13H,7-9H2,1-6H3/q+1/p+1. The van der Waals surface area contributed by atoms with Crippen LogP contribution in [0.25, 0.3) is 0 Å². The van der Waals surface area contributed by atoms with Crippen LogP contribution >= 0.6 is 16.1 Å². The van der Waals surface area contributed by atoms with E-state index < -0.39 is 32.2 Å². The fraction of sp³-hybridized carbons (Fsp3) is 1.00. The van der Waals surface area contributed by atoms with Crippen LogP contribution in [0.2, 0.25) is 0 Å². The first-order valence-electron chi connectivity index (χ1n) is 6.55. The Bertz CT molecular complexity index is 352. The van der Waals surface area contributed by atoms with Crippen LogP contribution in [0.4, 0.5) is 0 Å². The summed E-state index contributed by atoms with van der Waals surface area (Å²) >= 11 is 0. The zero-order chi connectivity index (χ0) is 15.5. The molecule has 3 unspecified atom stereocenters. The van der Waals surface area contributed by atoms with Crippen LogP contribution in [0.15, 0.2) is 0 Å². The summed E-state index contributed by atoms with van der Waals surface area (Å²) in [7, 11) is -4.84. The molecular weight excluding hydrogens is 286 g/mol. The van der Waals surface area contributed by atoms with Gasteiger partial charge in [0.15, 0.2) is 5.60 Å². The lowest BCUT2D eigenvalue weighted by Gasteiger charge is -2.30. The van der Waals surface area contributed by atoms with Gasteiger partial charge in [0.2, 0.25) is 5.16 Å². The molecule has 0 bridgehead atoms. The maximum atomic E-state index is 12.3. The molecule has 0 aliphatic carbocycles. The fourth-order valence-electron chi connectivity index (χ4n) is 1.59. The summed E-state index contributed by atoms with van der Waals surface area (Å²) in [5.74, 6) is 0. The van der Waals surface area contributed by atoms with Crippen LogP contribution < -0.4 is 0 Å². The Balaban J connectivity index is 5.32. The molecule has 0 amide bonds. The van der Waals surface area contributed by atoms with Gasteiger partial charge in [-0.1, -0.05) is 20.8 Å². The molecule has 0 saturated heterocycles. The van der Waals surface area contributed by atoms with Gasteiger partial charge >= 0.3 is 16.1 Å². The van der Waals surface area contributed by atoms with E-state index in [0.717, 1.165) is 0 Å². The maximum Gasteiger partial charge on any atom is 0.544 e. The highest BCUT2D eigenvalue weighted by Gasteiger charge is 2.62. The van der Waals surface area contributed by atoms with Gasteiger partial charge in [-0.2, -0.15) is 4.89 Å². The van der Waals surface area contributed by atoms with Crippen molar-refractivity contribution in [1.82, 2.24) is 0 Å². The van der Waals surface area contributed by atoms with Gasteiger partial charge in [-0.3, -0.25) is 0 Å². The predicted molar refractivity (Wildman–Crippen MR) is 76.8 cm³/mol. The zero-order valence-corrected chi connectivity index (χ0v) is 14.4. The minimum Gasteiger partial charge on any atom is -0.346 e. The second-order valence-electron chi connectivity index (χ2n) is 5.45. The van der Waals surface area contributed by atoms with Crippen LogP contribution in [0.3, 0.4) is 0 Å². The third kappa shape index (κ3) is 3.80. The zero-order valence-electron chi connectivity index (χ0n) is 12.6. The second kappa shape index (κ2) is 6.69. The molecule has 0 radical (unpaired) electrons. The SMILES string of the molecule is CCC(O)(CC)[P+](=O)OC(C)(CC)C(C)(C)[P+](=O)O. The molecule has 2 N–H and O–H groups in total. The molecule has 0 aromatic carbocycles. The van der Waals surface area contributed by atoms with Crippen LogP contribution in [0.1, 0.15) is 60.8 Å². The van der Waals surface area contributed by atoms with Gasteiger partial charge < -0.3 is 5.11 Å². The quantitative estimate of drug-likeness (QED) is 0.663. The van der Waals surface area contributed by atoms with Gasteiger partial charge in [-0.15, -0.1) is 4.52 Å². The first-order valence-corrected chi connectivity index (χ1v) is 8.94. The molecule has 7 heteroatoms. The molecule has 0 rings (SSSR count). The van der Waals surface area contributed by atoms with Crippen molar-refractivity contribution in [1.29, 1.82) is 0 Å². The smallest absolute Gasteiger partial charge is 0.346 e. The van der Waals surface area contributed by atoms with E-state index in [9.17, 15) is 19.1 Å². The molecule has 0 aliphatic heterocycles. The number of aliphatic hydroxyl groups is 1. The first kappa shape index (κ1) is 19.1. The van der Waals surface area contributed by atoms with E-state index in [1.807, 2.05) is 0 Å². The Kier molecular flexibility index (Phi) is 6.72. The Hall–Kier alpha value is 0.0800. The Morgan fingerprint density at radius 2 is 1.42 bits per heavy atom. The summed E-state index contributed by atoms with van der Waals surface area (Å²) in [4.78, 5) is 9.45. The minimum absolute atomic E-state index is 0.310. The van der Waals surface area contributed by atoms with Crippen molar-refractivity contribution < 1.29 is 23.7 Å². The molecule has 0 aromatic rings. The van der Waals surface area contributed by atoms with Crippen molar-refractivity contribution in [2.45, 2.75) is 76.9 Å². The summed E-state index contributed by atoms with van der Waals surface area (Å²) < 4.78 is 29.4. The summed E-state index contributed by atoms with van der Waals surface area (Å²) in [6.45, 7) is 10.2. The highest BCUT2D eigenvalue weighted by atomic mass is 31.1. The van der Waals surface area contributed by atoms with Crippen LogP contribution in [0.5, 0.6) is 0 Å². The fourth-order valence-corrected chi connectivity index (χ4v) is 3.68. The normalized spacial score (nSPS) is 17.9. The summed E-state index contributed by atoms with van der Waals surface area (Å²) in [6, 6.07) is 0. The molecular formula is C12H26O5P2+2. The number of hydrogen-bond donors (Lipinski definition) is 2. The van der Waals surface area contributed by atoms with Gasteiger partial charge in [0.25, 0.3) is 5.34 Å². The largest absolute Gasteiger partial charge is 0.544 e. The van der Waals surface area contributed by atoms with E-state index in [1.165, 1.54) is 0 Å². The molecule has 0 heterocycles. The van der Waals surface area contributed by atoms with Crippen molar-refractivity contribution in [3.05, 3.63) is 0 Å². The molecule has 112 valence electrons. The predicted octanol–water partition coefficient (Wildman–Crippen LogP) is 3.94. The minimum atomic E-state index is -2.50. The van der Waals surface area contributed by atoms with E-state index in [0.29, 0.717) is 19.3 Å². The van der Waals surface area contributed by atoms with Crippen molar-refractivity contribution in [3.63, 3.8) is 0 Å². The maximum absolute atomic E-state index is 12.3. The van der Waals surface area contributed by atoms with Crippen LogP contribution in [0, 0.1) is 0 Å². The molecule has 0 spiro atoms. The van der Waals surface area contributed by atoms with Gasteiger partial charge in [-0.25, -0.2) is 0 Å². The van der Waals surface area contributed by atoms with Gasteiger partial charge in [0, 0.05) is 12.8 Å². The van der Waals surface area contributed by atoms with Gasteiger partial charge in [0.05, 0.1) is 0 Å². The molecule has 5 nitrogen and oxygen atoms in total. The summed E-state index contributed by atoms with van der Waals surface area (Å²) in [6.07, 6.45) is 1.04. The highest BCUT2D eigenvalue weighted by Crippen LogP contribution is 2.54. The molecule has 0 aromatic heterocycles. The third-order valence-electron chi connectivity index (χ3n) is 4.20. The van der Waals surface area contributed by atoms with Crippen molar-refractivity contribution in [2.75, 3.05) is 0 Å². The Labute approximate surface area is 117 Å². The van der Waals surface area contributed by atoms with Crippen LogP contribution in [-0.4, -0.2) is 26.1 Å². The van der Waals surface area contributed by atoms with Crippen molar-refractivity contribution in [2.24, 2.45) is 0 Å². The lowest BCUT2D eigenvalue weighted by Crippen LogP contribution is -2.46. The van der Waals surface area contributed by atoms with E-state index in [1.54, 1.807) is 41.5 Å². The number of rotatable bonds is 8. The Morgan fingerprint density at radius 1 is 1.00 bits per heavy atom. The Morgan fingerprint density at radius 3 is 1.68 bits per heavy atom. The van der Waals surface area contributed by atoms with Crippen LogP contribution in [-0.2, 0) is 13.7 Å². The summed E-state index contributed by atoms with van der Waals surface area (Å²) in [5, 5.41) is 7.78. The van der Waals surface area contributed by atoms with E-state index in [2.05, 4.69) is 0 Å². The van der Waals surface area contributed by atoms with E-state index in [4.69, 9.17) is 4.52 Å². The third-order valence-corrected chi connectivity index (χ3v) is 7.51. The monoisotopic (exact) mass is 312 g/mol. The number of hydrogen-bond acceptors (Lipinski definition) is 4. The van der Waals surface area contributed by atoms with E-state index >= 15 is 0 Å². The second-order valence-corrected chi connectivity index (χ2v) is 8.65. The molecule has 19 heavy (non-hydrogen) atoms. The molecule has 0 saturated carbocycles. The molecule has 3 atom stereocenters. The first-order chi connectivity index (χ1) is 8.50. The van der Waals surface area contributed by atoms with Crippen molar-refractivity contribution in [3.8, 4) is 0 Å². The van der Waals surface area contributed by atoms with Gasteiger partial charge in [0.1, 0.15) is 0 Å². The summed E-state index contributed by atoms with van der Waals surface area (Å²) in [5.41, 5.74) is -1.04. The van der Waals surface area contributed by atoms with E-state index in [-0.39, 0.29) is 0 Å². The van der Waals surface area contributed by atoms with Crippen molar-refractivity contribution >= 4 is 16.1 Å².